The van der Waals surface area contributed by atoms with Gasteiger partial charge >= 0.3 is 0 Å². The summed E-state index contributed by atoms with van der Waals surface area (Å²) in [6, 6.07) is 8.14. The van der Waals surface area contributed by atoms with Crippen molar-refractivity contribution in [3.05, 3.63) is 29.8 Å². The molecular formula is C24H35NO2. The highest BCUT2D eigenvalue weighted by Crippen LogP contribution is 2.61. The van der Waals surface area contributed by atoms with Crippen molar-refractivity contribution in [2.75, 3.05) is 0 Å². The van der Waals surface area contributed by atoms with Crippen molar-refractivity contribution in [2.45, 2.75) is 88.4 Å². The first-order valence-corrected chi connectivity index (χ1v) is 11.2. The van der Waals surface area contributed by atoms with Crippen molar-refractivity contribution in [3.8, 4) is 5.75 Å². The van der Waals surface area contributed by atoms with Gasteiger partial charge < -0.3 is 15.6 Å². The number of hydrogen-bond acceptors (Lipinski definition) is 3. The molecule has 0 amide bonds. The number of hydrogen-bond donors (Lipinski definition) is 2. The predicted molar refractivity (Wildman–Crippen MR) is 108 cm³/mol. The van der Waals surface area contributed by atoms with Crippen LogP contribution in [0.3, 0.4) is 0 Å². The largest absolute Gasteiger partial charge is 0.508 e. The maximum Gasteiger partial charge on any atom is 0.115 e. The topological polar surface area (TPSA) is 55.5 Å². The number of benzene rings is 1. The Morgan fingerprint density at radius 3 is 2.70 bits per heavy atom. The number of rotatable bonds is 3. The fourth-order valence-corrected chi connectivity index (χ4v) is 7.65. The van der Waals surface area contributed by atoms with Crippen LogP contribution in [-0.4, -0.2) is 22.4 Å². The van der Waals surface area contributed by atoms with E-state index in [4.69, 9.17) is 10.5 Å². The van der Waals surface area contributed by atoms with Gasteiger partial charge in [0.2, 0.25) is 0 Å². The summed E-state index contributed by atoms with van der Waals surface area (Å²) in [6.45, 7) is 2.37. The molecule has 2 heterocycles. The molecule has 4 bridgehead atoms. The molecule has 1 aromatic rings. The Hall–Kier alpha value is -1.06. The molecule has 3 saturated carbocycles. The Balaban J connectivity index is 1.35. The summed E-state index contributed by atoms with van der Waals surface area (Å²) in [6.07, 6.45) is 12.6. The fraction of sp³-hybridized carbons (Fsp3) is 0.750. The van der Waals surface area contributed by atoms with Crippen LogP contribution in [0.4, 0.5) is 0 Å². The molecule has 6 rings (SSSR count). The van der Waals surface area contributed by atoms with Gasteiger partial charge in [-0.2, -0.15) is 0 Å². The molecule has 27 heavy (non-hydrogen) atoms. The van der Waals surface area contributed by atoms with Crippen LogP contribution in [0.15, 0.2) is 24.3 Å². The first kappa shape index (κ1) is 18.0. The average molecular weight is 370 g/mol. The van der Waals surface area contributed by atoms with Crippen molar-refractivity contribution in [1.82, 2.24) is 0 Å². The normalized spacial score (nSPS) is 46.4. The van der Waals surface area contributed by atoms with E-state index in [0.717, 1.165) is 24.7 Å². The Labute approximate surface area is 163 Å². The van der Waals surface area contributed by atoms with Gasteiger partial charge in [0, 0.05) is 12.0 Å². The van der Waals surface area contributed by atoms with Crippen LogP contribution in [0.5, 0.6) is 5.75 Å². The van der Waals surface area contributed by atoms with Crippen LogP contribution in [0.2, 0.25) is 0 Å². The van der Waals surface area contributed by atoms with Crippen LogP contribution in [-0.2, 0) is 11.2 Å². The first-order valence-electron chi connectivity index (χ1n) is 11.2. The molecule has 0 radical (unpaired) electrons. The Morgan fingerprint density at radius 1 is 1.11 bits per heavy atom. The van der Waals surface area contributed by atoms with Crippen LogP contribution in [0.1, 0.15) is 70.3 Å². The minimum absolute atomic E-state index is 0.0305. The third-order valence-corrected chi connectivity index (χ3v) is 8.54. The van der Waals surface area contributed by atoms with E-state index >= 15 is 0 Å². The molecule has 0 aromatic heterocycles. The number of phenolic OH excluding ortho intramolecular Hbond substituents is 1. The molecule has 148 valence electrons. The average Bonchev–Trinajstić information content (AvgIpc) is 2.63. The van der Waals surface area contributed by atoms with E-state index in [1.807, 2.05) is 12.1 Å². The minimum Gasteiger partial charge on any atom is -0.508 e. The molecule has 5 fully saturated rings. The number of fused-ring (bicyclic) bond motifs is 1. The van der Waals surface area contributed by atoms with Gasteiger partial charge in [-0.05, 0) is 87.3 Å². The lowest BCUT2D eigenvalue weighted by Crippen LogP contribution is -2.71. The second-order valence-corrected chi connectivity index (χ2v) is 10.3. The maximum atomic E-state index is 9.54. The number of aromatic hydroxyl groups is 1. The molecule has 0 unspecified atom stereocenters. The molecule has 5 aliphatic rings. The fourth-order valence-electron chi connectivity index (χ4n) is 7.65. The van der Waals surface area contributed by atoms with E-state index in [1.165, 1.54) is 56.9 Å². The Kier molecular flexibility index (Phi) is 4.32. The highest BCUT2D eigenvalue weighted by Gasteiger charge is 2.63. The van der Waals surface area contributed by atoms with Gasteiger partial charge in [0.25, 0.3) is 0 Å². The molecule has 1 aromatic carbocycles. The summed E-state index contributed by atoms with van der Waals surface area (Å²) in [5.41, 5.74) is 8.18. The molecule has 2 aliphatic heterocycles. The highest BCUT2D eigenvalue weighted by atomic mass is 16.5. The van der Waals surface area contributed by atoms with Gasteiger partial charge in [-0.25, -0.2) is 0 Å². The second-order valence-electron chi connectivity index (χ2n) is 10.3. The summed E-state index contributed by atoms with van der Waals surface area (Å²) < 4.78 is 7.04. The van der Waals surface area contributed by atoms with Gasteiger partial charge in [0.15, 0.2) is 0 Å². The third kappa shape index (κ3) is 3.02. The zero-order valence-corrected chi connectivity index (χ0v) is 16.7. The number of ether oxygens (including phenoxy) is 1. The van der Waals surface area contributed by atoms with E-state index in [-0.39, 0.29) is 11.2 Å². The highest BCUT2D eigenvalue weighted by molar-refractivity contribution is 5.26. The Bertz CT molecular complexity index is 688. The summed E-state index contributed by atoms with van der Waals surface area (Å²) >= 11 is 0. The van der Waals surface area contributed by atoms with E-state index in [2.05, 4.69) is 19.1 Å². The summed E-state index contributed by atoms with van der Waals surface area (Å²) in [5.74, 6) is 3.14. The molecule has 3 N–H and O–H groups in total. The van der Waals surface area contributed by atoms with Crippen molar-refractivity contribution in [2.24, 2.45) is 29.4 Å². The lowest BCUT2D eigenvalue weighted by Gasteiger charge is -2.66. The number of nitrogens with two attached hydrogens (primary N) is 1. The molecular weight excluding hydrogens is 334 g/mol. The van der Waals surface area contributed by atoms with Gasteiger partial charge in [-0.3, -0.25) is 0 Å². The Morgan fingerprint density at radius 2 is 1.93 bits per heavy atom. The lowest BCUT2D eigenvalue weighted by atomic mass is 9.51. The van der Waals surface area contributed by atoms with Crippen LogP contribution in [0, 0.1) is 23.7 Å². The van der Waals surface area contributed by atoms with E-state index in [9.17, 15) is 5.11 Å². The van der Waals surface area contributed by atoms with Crippen LogP contribution < -0.4 is 5.73 Å². The van der Waals surface area contributed by atoms with Crippen LogP contribution in [0.25, 0.3) is 0 Å². The molecule has 3 nitrogen and oxygen atoms in total. The summed E-state index contributed by atoms with van der Waals surface area (Å²) in [5, 5.41) is 9.54. The molecule has 3 aliphatic carbocycles. The lowest BCUT2D eigenvalue weighted by molar-refractivity contribution is -0.306. The third-order valence-electron chi connectivity index (χ3n) is 8.54. The monoisotopic (exact) mass is 369 g/mol. The quantitative estimate of drug-likeness (QED) is 0.804. The van der Waals surface area contributed by atoms with Gasteiger partial charge in [-0.1, -0.05) is 31.4 Å². The van der Waals surface area contributed by atoms with E-state index < -0.39 is 0 Å². The van der Waals surface area contributed by atoms with Crippen molar-refractivity contribution < 1.29 is 9.84 Å². The predicted octanol–water partition coefficient (Wildman–Crippen LogP) is 4.81. The maximum absolute atomic E-state index is 9.54. The summed E-state index contributed by atoms with van der Waals surface area (Å²) in [4.78, 5) is 0. The zero-order chi connectivity index (χ0) is 18.6. The van der Waals surface area contributed by atoms with Crippen molar-refractivity contribution in [1.29, 1.82) is 0 Å². The van der Waals surface area contributed by atoms with Gasteiger partial charge in [0.05, 0.1) is 11.2 Å². The van der Waals surface area contributed by atoms with Gasteiger partial charge in [-0.15, -0.1) is 0 Å². The molecule has 0 spiro atoms. The molecule has 2 saturated heterocycles. The van der Waals surface area contributed by atoms with E-state index in [0.29, 0.717) is 23.6 Å². The zero-order valence-electron chi connectivity index (χ0n) is 16.7. The minimum atomic E-state index is 0.0305. The second kappa shape index (κ2) is 6.49. The standard InChI is InChI=1S/C24H35NO2/c1-23-11-3-5-18-14-24(27-23,15-21(25)22(18)23)19-6-2-4-17(13-19)12-16-7-9-20(26)10-8-16/h7-10,17-19,21-22,26H,2-6,11-15,25H2,1H3/t17-,18-,19+,21-,22+,23+,24-/m0/s1. The van der Waals surface area contributed by atoms with Crippen LogP contribution >= 0.6 is 0 Å². The SMILES string of the molecule is C[C@@]12CCC[C@H]3C[C@@]([C@@H]4CCC[C@@H](Cc5ccc(O)cc5)C4)(C[C@H](N)[C@@H]31)O2. The van der Waals surface area contributed by atoms with Gasteiger partial charge in [0.1, 0.15) is 5.75 Å². The summed E-state index contributed by atoms with van der Waals surface area (Å²) in [7, 11) is 0. The first-order chi connectivity index (χ1) is 13.0. The smallest absolute Gasteiger partial charge is 0.115 e. The molecule has 7 atom stereocenters. The van der Waals surface area contributed by atoms with E-state index in [1.54, 1.807) is 0 Å². The van der Waals surface area contributed by atoms with Crippen molar-refractivity contribution in [3.63, 3.8) is 0 Å². The van der Waals surface area contributed by atoms with Crippen molar-refractivity contribution >= 4 is 0 Å². The number of phenols is 1. The molecule has 3 heteroatoms.